The maximum absolute atomic E-state index is 13.7. The van der Waals surface area contributed by atoms with E-state index in [4.69, 9.17) is 5.11 Å². The summed E-state index contributed by atoms with van der Waals surface area (Å²) in [5.74, 6) is -0.259. The van der Waals surface area contributed by atoms with Crippen molar-refractivity contribution in [1.82, 2.24) is 4.98 Å². The number of halogens is 2. The molecule has 0 unspecified atom stereocenters. The first-order valence-corrected chi connectivity index (χ1v) is 7.38. The lowest BCUT2D eigenvalue weighted by Gasteiger charge is -2.00. The molecule has 0 spiro atoms. The van der Waals surface area contributed by atoms with E-state index < -0.39 is 0 Å². The van der Waals surface area contributed by atoms with Crippen molar-refractivity contribution in [2.24, 2.45) is 0 Å². The molecular formula is C13H13BrFNOS. The molecule has 2 nitrogen and oxygen atoms in total. The van der Waals surface area contributed by atoms with Gasteiger partial charge in [-0.15, -0.1) is 11.3 Å². The maximum Gasteiger partial charge on any atom is 0.132 e. The van der Waals surface area contributed by atoms with E-state index in [1.54, 1.807) is 12.1 Å². The van der Waals surface area contributed by atoms with Gasteiger partial charge in [0.1, 0.15) is 5.82 Å². The first-order valence-electron chi connectivity index (χ1n) is 5.71. The SMILES string of the molecule is OCCCCc1nc(-c2cc(Br)ccc2F)cs1. The van der Waals surface area contributed by atoms with Gasteiger partial charge in [0.25, 0.3) is 0 Å². The second kappa shape index (κ2) is 6.41. The highest BCUT2D eigenvalue weighted by Crippen LogP contribution is 2.27. The molecule has 5 heteroatoms. The molecule has 0 aliphatic heterocycles. The summed E-state index contributed by atoms with van der Waals surface area (Å²) in [4.78, 5) is 4.43. The van der Waals surface area contributed by atoms with Gasteiger partial charge in [-0.2, -0.15) is 0 Å². The Balaban J connectivity index is 2.16. The highest BCUT2D eigenvalue weighted by atomic mass is 79.9. The van der Waals surface area contributed by atoms with Crippen molar-refractivity contribution in [3.8, 4) is 11.3 Å². The van der Waals surface area contributed by atoms with Gasteiger partial charge in [0.2, 0.25) is 0 Å². The number of aromatic nitrogens is 1. The third kappa shape index (κ3) is 3.37. The van der Waals surface area contributed by atoms with Crippen LogP contribution in [-0.4, -0.2) is 16.7 Å². The highest BCUT2D eigenvalue weighted by molar-refractivity contribution is 9.10. The zero-order chi connectivity index (χ0) is 13.0. The number of aliphatic hydroxyl groups is 1. The number of aliphatic hydroxyl groups excluding tert-OH is 1. The van der Waals surface area contributed by atoms with Gasteiger partial charge in [-0.3, -0.25) is 0 Å². The summed E-state index contributed by atoms with van der Waals surface area (Å²) in [5, 5.41) is 11.6. The third-order valence-electron chi connectivity index (χ3n) is 2.55. The van der Waals surface area contributed by atoms with E-state index in [9.17, 15) is 4.39 Å². The molecule has 0 atom stereocenters. The van der Waals surface area contributed by atoms with Crippen LogP contribution in [0.4, 0.5) is 4.39 Å². The van der Waals surface area contributed by atoms with E-state index in [1.807, 2.05) is 5.38 Å². The van der Waals surface area contributed by atoms with Gasteiger partial charge in [-0.1, -0.05) is 15.9 Å². The molecular weight excluding hydrogens is 317 g/mol. The molecule has 0 saturated carbocycles. The molecule has 0 bridgehead atoms. The molecule has 1 aromatic carbocycles. The molecule has 1 aromatic heterocycles. The van der Waals surface area contributed by atoms with E-state index in [-0.39, 0.29) is 12.4 Å². The van der Waals surface area contributed by atoms with Crippen molar-refractivity contribution < 1.29 is 9.50 Å². The van der Waals surface area contributed by atoms with Gasteiger partial charge >= 0.3 is 0 Å². The van der Waals surface area contributed by atoms with Crippen molar-refractivity contribution in [3.05, 3.63) is 38.9 Å². The first-order chi connectivity index (χ1) is 8.70. The minimum Gasteiger partial charge on any atom is -0.396 e. The fourth-order valence-corrected chi connectivity index (χ4v) is 2.83. The van der Waals surface area contributed by atoms with Gasteiger partial charge in [0, 0.05) is 22.0 Å². The Morgan fingerprint density at radius 3 is 2.94 bits per heavy atom. The summed E-state index contributed by atoms with van der Waals surface area (Å²) in [5.41, 5.74) is 1.20. The first kappa shape index (κ1) is 13.6. The molecule has 0 amide bonds. The van der Waals surface area contributed by atoms with Crippen molar-refractivity contribution >= 4 is 27.3 Å². The lowest BCUT2D eigenvalue weighted by atomic mass is 10.1. The van der Waals surface area contributed by atoms with Crippen LogP contribution in [0.2, 0.25) is 0 Å². The van der Waals surface area contributed by atoms with E-state index >= 15 is 0 Å². The second-order valence-electron chi connectivity index (χ2n) is 3.93. The average molecular weight is 330 g/mol. The van der Waals surface area contributed by atoms with E-state index in [2.05, 4.69) is 20.9 Å². The molecule has 0 radical (unpaired) electrons. The summed E-state index contributed by atoms with van der Waals surface area (Å²) in [6, 6.07) is 4.85. The maximum atomic E-state index is 13.7. The van der Waals surface area contributed by atoms with Crippen LogP contribution in [0.1, 0.15) is 17.8 Å². The zero-order valence-corrected chi connectivity index (χ0v) is 12.1. The predicted octanol–water partition coefficient (Wildman–Crippen LogP) is 4.03. The van der Waals surface area contributed by atoms with E-state index in [0.717, 1.165) is 28.7 Å². The molecule has 1 N–H and O–H groups in total. The molecule has 2 rings (SSSR count). The zero-order valence-electron chi connectivity index (χ0n) is 9.70. The Hall–Kier alpha value is -0.780. The molecule has 0 fully saturated rings. The molecule has 0 saturated heterocycles. The molecule has 0 aliphatic rings. The normalized spacial score (nSPS) is 10.8. The molecule has 1 heterocycles. The summed E-state index contributed by atoms with van der Waals surface area (Å²) in [6.07, 6.45) is 2.52. The fourth-order valence-electron chi connectivity index (χ4n) is 1.63. The number of hydrogen-bond acceptors (Lipinski definition) is 3. The second-order valence-corrected chi connectivity index (χ2v) is 5.79. The summed E-state index contributed by atoms with van der Waals surface area (Å²) < 4.78 is 14.5. The van der Waals surface area contributed by atoms with Gasteiger partial charge in [0.05, 0.1) is 10.7 Å². The Morgan fingerprint density at radius 1 is 1.33 bits per heavy atom. The summed E-state index contributed by atoms with van der Waals surface area (Å²) in [7, 11) is 0. The van der Waals surface area contributed by atoms with Crippen molar-refractivity contribution in [3.63, 3.8) is 0 Å². The standard InChI is InChI=1S/C13H13BrFNOS/c14-9-4-5-11(15)10(7-9)12-8-18-13(16-12)3-1-2-6-17/h4-5,7-8,17H,1-3,6H2. The summed E-state index contributed by atoms with van der Waals surface area (Å²) in [6.45, 7) is 0.207. The van der Waals surface area contributed by atoms with Crippen LogP contribution in [0.25, 0.3) is 11.3 Å². The Kier molecular flexibility index (Phi) is 4.86. The number of unbranched alkanes of at least 4 members (excludes halogenated alkanes) is 1. The van der Waals surface area contributed by atoms with Crippen LogP contribution in [0, 0.1) is 5.82 Å². The Bertz CT molecular complexity index is 529. The van der Waals surface area contributed by atoms with Crippen molar-refractivity contribution in [2.45, 2.75) is 19.3 Å². The van der Waals surface area contributed by atoms with Crippen LogP contribution in [0.5, 0.6) is 0 Å². The third-order valence-corrected chi connectivity index (χ3v) is 3.96. The van der Waals surface area contributed by atoms with Crippen molar-refractivity contribution in [2.75, 3.05) is 6.61 Å². The molecule has 0 aliphatic carbocycles. The number of hydrogen-bond donors (Lipinski definition) is 1. The molecule has 2 aromatic rings. The fraction of sp³-hybridized carbons (Fsp3) is 0.308. The van der Waals surface area contributed by atoms with E-state index in [1.165, 1.54) is 17.4 Å². The van der Waals surface area contributed by atoms with Gasteiger partial charge in [-0.25, -0.2) is 9.37 Å². The lowest BCUT2D eigenvalue weighted by Crippen LogP contribution is -1.89. The van der Waals surface area contributed by atoms with Crippen LogP contribution in [0.3, 0.4) is 0 Å². The smallest absolute Gasteiger partial charge is 0.132 e. The van der Waals surface area contributed by atoms with Gasteiger partial charge in [-0.05, 0) is 37.5 Å². The minimum absolute atomic E-state index is 0.207. The van der Waals surface area contributed by atoms with Crippen LogP contribution < -0.4 is 0 Å². The highest BCUT2D eigenvalue weighted by Gasteiger charge is 2.09. The summed E-state index contributed by atoms with van der Waals surface area (Å²) >= 11 is 4.87. The van der Waals surface area contributed by atoms with Gasteiger partial charge in [0.15, 0.2) is 0 Å². The average Bonchev–Trinajstić information content (AvgIpc) is 2.81. The number of benzene rings is 1. The Morgan fingerprint density at radius 2 is 2.17 bits per heavy atom. The van der Waals surface area contributed by atoms with Crippen LogP contribution in [0.15, 0.2) is 28.1 Å². The largest absolute Gasteiger partial charge is 0.396 e. The number of nitrogens with zero attached hydrogens (tertiary/aromatic N) is 1. The lowest BCUT2D eigenvalue weighted by molar-refractivity contribution is 0.284. The Labute approximate surface area is 118 Å². The van der Waals surface area contributed by atoms with Crippen LogP contribution in [-0.2, 0) is 6.42 Å². The topological polar surface area (TPSA) is 33.1 Å². The monoisotopic (exact) mass is 329 g/mol. The number of aryl methyl sites for hydroxylation is 1. The van der Waals surface area contributed by atoms with Crippen LogP contribution >= 0.6 is 27.3 Å². The molecule has 18 heavy (non-hydrogen) atoms. The number of thiazole rings is 1. The van der Waals surface area contributed by atoms with E-state index in [0.29, 0.717) is 11.3 Å². The quantitative estimate of drug-likeness (QED) is 0.840. The number of rotatable bonds is 5. The predicted molar refractivity (Wildman–Crippen MR) is 75.2 cm³/mol. The molecule has 96 valence electrons. The van der Waals surface area contributed by atoms with Crippen molar-refractivity contribution in [1.29, 1.82) is 0 Å². The minimum atomic E-state index is -0.259. The van der Waals surface area contributed by atoms with Gasteiger partial charge < -0.3 is 5.11 Å².